The van der Waals surface area contributed by atoms with E-state index >= 15 is 0 Å². The predicted molar refractivity (Wildman–Crippen MR) is 71.2 cm³/mol. The number of phenolic OH excluding ortho intramolecular Hbond substituents is 1. The molecule has 106 valence electrons. The topological polar surface area (TPSA) is 104 Å². The summed E-state index contributed by atoms with van der Waals surface area (Å²) in [6.07, 6.45) is 0.953. The van der Waals surface area contributed by atoms with Gasteiger partial charge in [-0.25, -0.2) is 0 Å². The third-order valence-corrected chi connectivity index (χ3v) is 3.03. The molecule has 2 rings (SSSR count). The van der Waals surface area contributed by atoms with Crippen LogP contribution in [0.15, 0.2) is 24.3 Å². The van der Waals surface area contributed by atoms with Crippen molar-refractivity contribution >= 4 is 23.1 Å². The van der Waals surface area contributed by atoms with Crippen LogP contribution in [0.5, 0.6) is 5.75 Å². The summed E-state index contributed by atoms with van der Waals surface area (Å²) >= 11 is 0. The molecule has 0 unspecified atom stereocenters. The van der Waals surface area contributed by atoms with Crippen molar-refractivity contribution in [2.24, 2.45) is 5.92 Å². The van der Waals surface area contributed by atoms with E-state index in [2.05, 4.69) is 0 Å². The zero-order chi connectivity index (χ0) is 15.6. The highest BCUT2D eigenvalue weighted by molar-refractivity contribution is 6.50. The number of nitriles is 1. The van der Waals surface area contributed by atoms with Gasteiger partial charge in [-0.15, -0.1) is 0 Å². The Morgan fingerprint density at radius 1 is 1.38 bits per heavy atom. The van der Waals surface area contributed by atoms with Gasteiger partial charge in [0.05, 0.1) is 12.7 Å². The molecule has 6 heteroatoms. The molecule has 0 aliphatic heterocycles. The number of aromatic hydroxyl groups is 1. The molecule has 21 heavy (non-hydrogen) atoms. The Labute approximate surface area is 120 Å². The maximum absolute atomic E-state index is 11.8. The number of phenols is 1. The quantitative estimate of drug-likeness (QED) is 0.661. The van der Waals surface area contributed by atoms with Gasteiger partial charge in [0, 0.05) is 5.56 Å². The molecule has 6 nitrogen and oxygen atoms in total. The number of nitrogens with zero attached hydrogens (tertiary/aromatic N) is 1. The summed E-state index contributed by atoms with van der Waals surface area (Å²) in [5.74, 6) is -3.82. The van der Waals surface area contributed by atoms with Gasteiger partial charge in [-0.3, -0.25) is 14.4 Å². The van der Waals surface area contributed by atoms with Crippen LogP contribution in [0, 0.1) is 17.2 Å². The summed E-state index contributed by atoms with van der Waals surface area (Å²) in [5.41, 5.74) is 0.311. The molecule has 0 aromatic heterocycles. The maximum atomic E-state index is 11.8. The zero-order valence-corrected chi connectivity index (χ0v) is 11.1. The van der Waals surface area contributed by atoms with E-state index in [0.29, 0.717) is 0 Å². The Morgan fingerprint density at radius 3 is 2.71 bits per heavy atom. The molecule has 1 atom stereocenters. The zero-order valence-electron chi connectivity index (χ0n) is 11.1. The molecule has 1 N–H and O–H groups in total. The van der Waals surface area contributed by atoms with Gasteiger partial charge in [0.15, 0.2) is 5.92 Å². The third-order valence-electron chi connectivity index (χ3n) is 3.03. The molecule has 1 aromatic rings. The summed E-state index contributed by atoms with van der Waals surface area (Å²) in [6, 6.07) is 5.56. The van der Waals surface area contributed by atoms with E-state index in [0.717, 1.165) is 6.08 Å². The van der Waals surface area contributed by atoms with E-state index in [1.807, 2.05) is 0 Å². The Morgan fingerprint density at radius 2 is 2.10 bits per heavy atom. The Balaban J connectivity index is 2.58. The lowest BCUT2D eigenvalue weighted by atomic mass is 9.83. The molecule has 0 heterocycles. The van der Waals surface area contributed by atoms with Crippen LogP contribution in [0.1, 0.15) is 22.8 Å². The van der Waals surface area contributed by atoms with Crippen molar-refractivity contribution < 1.29 is 24.2 Å². The molecule has 0 bridgehead atoms. The Kier molecular flexibility index (Phi) is 3.85. The fourth-order valence-electron chi connectivity index (χ4n) is 2.10. The number of hydrogen-bond donors (Lipinski definition) is 1. The largest absolute Gasteiger partial charge is 0.508 e. The molecular weight excluding hydrogens is 274 g/mol. The first-order valence-corrected chi connectivity index (χ1v) is 6.19. The third kappa shape index (κ3) is 2.54. The lowest BCUT2D eigenvalue weighted by Crippen LogP contribution is -2.25. The van der Waals surface area contributed by atoms with Gasteiger partial charge in [0.2, 0.25) is 11.6 Å². The number of fused-ring (bicyclic) bond motifs is 1. The number of ether oxygens (including phenoxy) is 1. The molecule has 0 spiro atoms. The highest BCUT2D eigenvalue weighted by atomic mass is 16.5. The molecule has 0 saturated heterocycles. The van der Waals surface area contributed by atoms with Crippen LogP contribution < -0.4 is 0 Å². The fourth-order valence-corrected chi connectivity index (χ4v) is 2.10. The number of benzene rings is 1. The second-order valence-electron chi connectivity index (χ2n) is 4.34. The number of allylic oxidation sites excluding steroid dienone is 1. The van der Waals surface area contributed by atoms with E-state index < -0.39 is 23.5 Å². The minimum atomic E-state index is -1.33. The SMILES string of the molecule is CCOC(=O)[C@@H](C#N)C1=CC(=O)C(=O)c2ccc(O)cc21. The summed E-state index contributed by atoms with van der Waals surface area (Å²) in [7, 11) is 0. The summed E-state index contributed by atoms with van der Waals surface area (Å²) in [5, 5.41) is 18.7. The van der Waals surface area contributed by atoms with Crippen LogP contribution in [0.25, 0.3) is 5.57 Å². The maximum Gasteiger partial charge on any atom is 0.327 e. The average molecular weight is 285 g/mol. The van der Waals surface area contributed by atoms with Crippen molar-refractivity contribution in [3.05, 3.63) is 35.4 Å². The summed E-state index contributed by atoms with van der Waals surface area (Å²) < 4.78 is 4.79. The smallest absolute Gasteiger partial charge is 0.327 e. The molecule has 0 fully saturated rings. The molecule has 1 aliphatic carbocycles. The molecule has 1 aliphatic rings. The number of Topliss-reactive ketones (excluding diaryl/α,β-unsaturated/α-hetero) is 1. The minimum Gasteiger partial charge on any atom is -0.508 e. The van der Waals surface area contributed by atoms with E-state index in [4.69, 9.17) is 4.74 Å². The normalized spacial score (nSPS) is 14.8. The lowest BCUT2D eigenvalue weighted by Gasteiger charge is -2.19. The van der Waals surface area contributed by atoms with Gasteiger partial charge in [-0.2, -0.15) is 5.26 Å². The number of rotatable bonds is 3. The standard InChI is InChI=1S/C15H11NO5/c1-2-21-15(20)12(7-16)11-6-13(18)14(19)9-4-3-8(17)5-10(9)11/h3-6,12,17H,2H2,1H3/t12-/m0/s1. The Hall–Kier alpha value is -2.94. The Bertz CT molecular complexity index is 711. The highest BCUT2D eigenvalue weighted by Gasteiger charge is 2.33. The summed E-state index contributed by atoms with van der Waals surface area (Å²) in [4.78, 5) is 35.3. The van der Waals surface area contributed by atoms with Crippen LogP contribution in [-0.4, -0.2) is 29.2 Å². The highest BCUT2D eigenvalue weighted by Crippen LogP contribution is 2.33. The fraction of sp³-hybridized carbons (Fsp3) is 0.200. The van der Waals surface area contributed by atoms with E-state index in [1.165, 1.54) is 18.2 Å². The second-order valence-corrected chi connectivity index (χ2v) is 4.34. The van der Waals surface area contributed by atoms with Crippen LogP contribution in [0.3, 0.4) is 0 Å². The van der Waals surface area contributed by atoms with Gasteiger partial charge in [-0.05, 0) is 42.3 Å². The number of ketones is 2. The summed E-state index contributed by atoms with van der Waals surface area (Å²) in [6.45, 7) is 1.68. The van der Waals surface area contributed by atoms with Gasteiger partial charge in [0.25, 0.3) is 0 Å². The predicted octanol–water partition coefficient (Wildman–Crippen LogP) is 1.24. The molecule has 1 aromatic carbocycles. The van der Waals surface area contributed by atoms with Crippen LogP contribution in [-0.2, 0) is 14.3 Å². The van der Waals surface area contributed by atoms with Crippen LogP contribution in [0.4, 0.5) is 0 Å². The molecule has 0 radical (unpaired) electrons. The van der Waals surface area contributed by atoms with Gasteiger partial charge < -0.3 is 9.84 Å². The van der Waals surface area contributed by atoms with Crippen molar-refractivity contribution in [2.75, 3.05) is 6.61 Å². The van der Waals surface area contributed by atoms with Crippen LogP contribution >= 0.6 is 0 Å². The van der Waals surface area contributed by atoms with Gasteiger partial charge in [0.1, 0.15) is 5.75 Å². The first kappa shape index (κ1) is 14.5. The first-order valence-electron chi connectivity index (χ1n) is 6.19. The van der Waals surface area contributed by atoms with Crippen molar-refractivity contribution in [3.63, 3.8) is 0 Å². The number of hydrogen-bond acceptors (Lipinski definition) is 6. The number of carbonyl (C=O) groups excluding carboxylic acids is 3. The van der Waals surface area contributed by atoms with Gasteiger partial charge >= 0.3 is 5.97 Å². The van der Waals surface area contributed by atoms with E-state index in [9.17, 15) is 24.8 Å². The van der Waals surface area contributed by atoms with Crippen molar-refractivity contribution in [2.45, 2.75) is 6.92 Å². The molecule has 0 amide bonds. The van der Waals surface area contributed by atoms with Crippen molar-refractivity contribution in [1.82, 2.24) is 0 Å². The van der Waals surface area contributed by atoms with Crippen molar-refractivity contribution in [3.8, 4) is 11.8 Å². The van der Waals surface area contributed by atoms with Gasteiger partial charge in [-0.1, -0.05) is 0 Å². The molecule has 0 saturated carbocycles. The average Bonchev–Trinajstić information content (AvgIpc) is 2.45. The monoisotopic (exact) mass is 285 g/mol. The molecular formula is C15H11NO5. The lowest BCUT2D eigenvalue weighted by molar-refractivity contribution is -0.144. The van der Waals surface area contributed by atoms with E-state index in [1.54, 1.807) is 13.0 Å². The second kappa shape index (κ2) is 5.59. The van der Waals surface area contributed by atoms with E-state index in [-0.39, 0.29) is 29.1 Å². The van der Waals surface area contributed by atoms with Crippen molar-refractivity contribution in [1.29, 1.82) is 5.26 Å². The first-order chi connectivity index (χ1) is 9.99. The minimum absolute atomic E-state index is 0.0554. The number of esters is 1. The van der Waals surface area contributed by atoms with Crippen LogP contribution in [0.2, 0.25) is 0 Å². The number of carbonyl (C=O) groups is 3.